The predicted molar refractivity (Wildman–Crippen MR) is 74.0 cm³/mol. The van der Waals surface area contributed by atoms with E-state index >= 15 is 0 Å². The predicted octanol–water partition coefficient (Wildman–Crippen LogP) is 0.458. The summed E-state index contributed by atoms with van der Waals surface area (Å²) in [4.78, 5) is 35.3. The number of aromatic amines is 1. The van der Waals surface area contributed by atoms with Crippen molar-refractivity contribution in [3.63, 3.8) is 0 Å². The zero-order valence-corrected chi connectivity index (χ0v) is 11.2. The summed E-state index contributed by atoms with van der Waals surface area (Å²) in [5.41, 5.74) is 0.246. The monoisotopic (exact) mass is 286 g/mol. The van der Waals surface area contributed by atoms with Crippen LogP contribution in [0, 0.1) is 0 Å². The van der Waals surface area contributed by atoms with Crippen LogP contribution in [0.3, 0.4) is 0 Å². The van der Waals surface area contributed by atoms with Crippen LogP contribution in [0.4, 0.5) is 0 Å². The highest BCUT2D eigenvalue weighted by Gasteiger charge is 2.28. The maximum Gasteiger partial charge on any atom is 0.255 e. The minimum atomic E-state index is -0.224. The molecule has 1 aliphatic heterocycles. The van der Waals surface area contributed by atoms with Gasteiger partial charge in [0, 0.05) is 37.5 Å². The third-order valence-electron chi connectivity index (χ3n) is 3.31. The zero-order chi connectivity index (χ0) is 14.7. The van der Waals surface area contributed by atoms with E-state index in [1.165, 1.54) is 24.7 Å². The smallest absolute Gasteiger partial charge is 0.255 e. The van der Waals surface area contributed by atoms with E-state index in [9.17, 15) is 9.59 Å². The standard InChI is InChI=1S/C14H14N4O3/c19-12-2-1-10(7-16-12)14(20)18-6-4-11(8-18)21-13-3-5-15-9-17-13/h1-3,5,7,9,11H,4,6,8H2,(H,16,19)/t11-/m1/s1. The molecule has 0 unspecified atom stereocenters. The van der Waals surface area contributed by atoms with Gasteiger partial charge in [0.05, 0.1) is 12.1 Å². The second kappa shape index (κ2) is 5.74. The summed E-state index contributed by atoms with van der Waals surface area (Å²) in [5, 5.41) is 0. The lowest BCUT2D eigenvalue weighted by atomic mass is 10.2. The highest BCUT2D eigenvalue weighted by Crippen LogP contribution is 2.17. The maximum absolute atomic E-state index is 12.3. The second-order valence-corrected chi connectivity index (χ2v) is 4.77. The first-order valence-electron chi connectivity index (χ1n) is 6.63. The number of carbonyl (C=O) groups is 1. The molecule has 7 nitrogen and oxygen atoms in total. The van der Waals surface area contributed by atoms with Gasteiger partial charge >= 0.3 is 0 Å². The lowest BCUT2D eigenvalue weighted by Gasteiger charge is -2.16. The number of nitrogens with one attached hydrogen (secondary N) is 1. The molecule has 0 saturated carbocycles. The number of likely N-dealkylation sites (tertiary alicyclic amines) is 1. The Morgan fingerprint density at radius 1 is 1.38 bits per heavy atom. The molecule has 0 bridgehead atoms. The molecular weight excluding hydrogens is 272 g/mol. The summed E-state index contributed by atoms with van der Waals surface area (Å²) in [6.45, 7) is 1.12. The fourth-order valence-corrected chi connectivity index (χ4v) is 2.25. The van der Waals surface area contributed by atoms with E-state index < -0.39 is 0 Å². The third kappa shape index (κ3) is 3.07. The van der Waals surface area contributed by atoms with E-state index in [2.05, 4.69) is 15.0 Å². The van der Waals surface area contributed by atoms with Gasteiger partial charge in [0.2, 0.25) is 11.4 Å². The van der Waals surface area contributed by atoms with Crippen LogP contribution in [-0.4, -0.2) is 45.0 Å². The van der Waals surface area contributed by atoms with E-state index in [0.29, 0.717) is 24.5 Å². The first kappa shape index (κ1) is 13.3. The fraction of sp³-hybridized carbons (Fsp3) is 0.286. The van der Waals surface area contributed by atoms with Gasteiger partial charge in [-0.1, -0.05) is 0 Å². The van der Waals surface area contributed by atoms with Crippen LogP contribution < -0.4 is 10.3 Å². The van der Waals surface area contributed by atoms with Gasteiger partial charge in [0.25, 0.3) is 5.91 Å². The molecule has 1 aliphatic rings. The molecule has 0 aromatic carbocycles. The molecule has 108 valence electrons. The average molecular weight is 286 g/mol. The maximum atomic E-state index is 12.3. The first-order valence-corrected chi connectivity index (χ1v) is 6.63. The van der Waals surface area contributed by atoms with Gasteiger partial charge in [-0.3, -0.25) is 9.59 Å². The van der Waals surface area contributed by atoms with Crippen molar-refractivity contribution < 1.29 is 9.53 Å². The van der Waals surface area contributed by atoms with Crippen LogP contribution in [0.15, 0.2) is 41.7 Å². The molecule has 0 spiro atoms. The van der Waals surface area contributed by atoms with Crippen LogP contribution in [0.2, 0.25) is 0 Å². The van der Waals surface area contributed by atoms with E-state index in [-0.39, 0.29) is 17.6 Å². The SMILES string of the molecule is O=C(c1ccc(=O)[nH]c1)N1CC[C@@H](Oc2ccncn2)C1. The molecule has 1 amide bonds. The summed E-state index contributed by atoms with van der Waals surface area (Å²) < 4.78 is 5.71. The van der Waals surface area contributed by atoms with Gasteiger partial charge in [0.1, 0.15) is 12.4 Å². The van der Waals surface area contributed by atoms with Crippen molar-refractivity contribution in [3.8, 4) is 5.88 Å². The normalized spacial score (nSPS) is 17.7. The Morgan fingerprint density at radius 3 is 3.00 bits per heavy atom. The number of aromatic nitrogens is 3. The molecule has 1 saturated heterocycles. The minimum Gasteiger partial charge on any atom is -0.472 e. The van der Waals surface area contributed by atoms with Gasteiger partial charge < -0.3 is 14.6 Å². The third-order valence-corrected chi connectivity index (χ3v) is 3.31. The lowest BCUT2D eigenvalue weighted by molar-refractivity contribution is 0.0770. The number of ether oxygens (including phenoxy) is 1. The zero-order valence-electron chi connectivity index (χ0n) is 11.2. The van der Waals surface area contributed by atoms with Crippen LogP contribution in [0.1, 0.15) is 16.8 Å². The van der Waals surface area contributed by atoms with Crippen molar-refractivity contribution in [2.24, 2.45) is 0 Å². The lowest BCUT2D eigenvalue weighted by Crippen LogP contribution is -2.31. The summed E-state index contributed by atoms with van der Waals surface area (Å²) in [6, 6.07) is 4.56. The molecule has 0 radical (unpaired) electrons. The first-order chi connectivity index (χ1) is 10.2. The summed E-state index contributed by atoms with van der Waals surface area (Å²) in [5.74, 6) is 0.397. The quantitative estimate of drug-likeness (QED) is 0.885. The molecule has 2 aromatic heterocycles. The molecule has 21 heavy (non-hydrogen) atoms. The number of nitrogens with zero attached hydrogens (tertiary/aromatic N) is 3. The summed E-state index contributed by atoms with van der Waals surface area (Å²) >= 11 is 0. The molecule has 3 heterocycles. The van der Waals surface area contributed by atoms with Gasteiger partial charge in [-0.15, -0.1) is 0 Å². The number of hydrogen-bond acceptors (Lipinski definition) is 5. The van der Waals surface area contributed by atoms with Crippen molar-refractivity contribution in [1.82, 2.24) is 19.9 Å². The number of amides is 1. The fourth-order valence-electron chi connectivity index (χ4n) is 2.25. The average Bonchev–Trinajstić information content (AvgIpc) is 2.97. The number of H-pyrrole nitrogens is 1. The van der Waals surface area contributed by atoms with Crippen molar-refractivity contribution in [2.75, 3.05) is 13.1 Å². The van der Waals surface area contributed by atoms with Crippen LogP contribution >= 0.6 is 0 Å². The summed E-state index contributed by atoms with van der Waals surface area (Å²) in [6.07, 6.45) is 5.14. The minimum absolute atomic E-state index is 0.0772. The molecular formula is C14H14N4O3. The molecule has 0 aliphatic carbocycles. The molecule has 3 rings (SSSR count). The van der Waals surface area contributed by atoms with Crippen molar-refractivity contribution in [1.29, 1.82) is 0 Å². The van der Waals surface area contributed by atoms with Gasteiger partial charge in [-0.2, -0.15) is 0 Å². The highest BCUT2D eigenvalue weighted by molar-refractivity contribution is 5.94. The van der Waals surface area contributed by atoms with E-state index in [0.717, 1.165) is 6.42 Å². The second-order valence-electron chi connectivity index (χ2n) is 4.77. The van der Waals surface area contributed by atoms with Crippen molar-refractivity contribution in [2.45, 2.75) is 12.5 Å². The number of carbonyl (C=O) groups excluding carboxylic acids is 1. The Hall–Kier alpha value is -2.70. The van der Waals surface area contributed by atoms with Crippen molar-refractivity contribution >= 4 is 5.91 Å². The van der Waals surface area contributed by atoms with Gasteiger partial charge in [0.15, 0.2) is 0 Å². The van der Waals surface area contributed by atoms with E-state index in [1.54, 1.807) is 17.2 Å². The number of rotatable bonds is 3. The van der Waals surface area contributed by atoms with Crippen LogP contribution in [-0.2, 0) is 0 Å². The Kier molecular flexibility index (Phi) is 3.63. The van der Waals surface area contributed by atoms with Crippen LogP contribution in [0.25, 0.3) is 0 Å². The Morgan fingerprint density at radius 2 is 2.29 bits per heavy atom. The van der Waals surface area contributed by atoms with Crippen molar-refractivity contribution in [3.05, 3.63) is 52.8 Å². The number of pyridine rings is 1. The Bertz CT molecular complexity index is 666. The molecule has 7 heteroatoms. The van der Waals surface area contributed by atoms with Gasteiger partial charge in [-0.25, -0.2) is 9.97 Å². The largest absolute Gasteiger partial charge is 0.472 e. The number of hydrogen-bond donors (Lipinski definition) is 1. The van der Waals surface area contributed by atoms with E-state index in [1.807, 2.05) is 0 Å². The molecule has 1 atom stereocenters. The highest BCUT2D eigenvalue weighted by atomic mass is 16.5. The topological polar surface area (TPSA) is 88.2 Å². The van der Waals surface area contributed by atoms with E-state index in [4.69, 9.17) is 4.74 Å². The molecule has 1 fully saturated rings. The molecule has 2 aromatic rings. The molecule has 1 N–H and O–H groups in total. The Labute approximate surface area is 120 Å². The summed E-state index contributed by atoms with van der Waals surface area (Å²) in [7, 11) is 0. The van der Waals surface area contributed by atoms with Crippen LogP contribution in [0.5, 0.6) is 5.88 Å². The Balaban J connectivity index is 1.63. The van der Waals surface area contributed by atoms with Gasteiger partial charge in [-0.05, 0) is 6.07 Å².